The highest BCUT2D eigenvalue weighted by molar-refractivity contribution is 9.28. The summed E-state index contributed by atoms with van der Waals surface area (Å²) >= 11 is 19.5. The first-order valence-corrected chi connectivity index (χ1v) is 9.24. The van der Waals surface area contributed by atoms with Crippen molar-refractivity contribution < 1.29 is 9.47 Å². The largest absolute Gasteiger partial charge is 0.492 e. The van der Waals surface area contributed by atoms with E-state index >= 15 is 0 Å². The van der Waals surface area contributed by atoms with Crippen molar-refractivity contribution in [3.63, 3.8) is 0 Å². The van der Waals surface area contributed by atoms with Gasteiger partial charge in [0.15, 0.2) is 0 Å². The first-order chi connectivity index (χ1) is 9.06. The molecule has 0 aliphatic carbocycles. The van der Waals surface area contributed by atoms with Crippen molar-refractivity contribution in [3.05, 3.63) is 31.1 Å². The molecule has 0 fully saturated rings. The molecule has 0 aliphatic rings. The Hall–Kier alpha value is 0.770. The van der Waals surface area contributed by atoms with Crippen LogP contribution in [0.1, 0.15) is 6.42 Å². The zero-order valence-corrected chi connectivity index (χ0v) is 16.9. The lowest BCUT2D eigenvalue weighted by molar-refractivity contribution is 0.315. The van der Waals surface area contributed by atoms with Crippen LogP contribution in [0.3, 0.4) is 0 Å². The molecule has 0 saturated heterocycles. The second-order valence-electron chi connectivity index (χ2n) is 3.39. The van der Waals surface area contributed by atoms with E-state index in [2.05, 4.69) is 63.7 Å². The van der Waals surface area contributed by atoms with E-state index in [1.165, 1.54) is 0 Å². The third-order valence-electron chi connectivity index (χ3n) is 2.02. The normalized spacial score (nSPS) is 10.2. The second kappa shape index (κ2) is 9.66. The molecule has 0 bridgehead atoms. The molecule has 0 heterocycles. The Labute approximate surface area is 151 Å². The van der Waals surface area contributed by atoms with Crippen LogP contribution in [0.2, 0.25) is 5.02 Å². The van der Waals surface area contributed by atoms with E-state index in [9.17, 15) is 0 Å². The summed E-state index contributed by atoms with van der Waals surface area (Å²) in [4.78, 5) is 0. The third kappa shape index (κ3) is 6.38. The summed E-state index contributed by atoms with van der Waals surface area (Å²) in [6.07, 6.45) is 2.77. The van der Waals surface area contributed by atoms with Crippen LogP contribution in [0.4, 0.5) is 0 Å². The lowest BCUT2D eigenvalue weighted by Crippen LogP contribution is -2.00. The second-order valence-corrected chi connectivity index (χ2v) is 8.12. The molecule has 2 nitrogen and oxygen atoms in total. The molecule has 1 rings (SSSR count). The zero-order valence-electron chi connectivity index (χ0n) is 9.77. The fourth-order valence-electron chi connectivity index (χ4n) is 1.17. The summed E-state index contributed by atoms with van der Waals surface area (Å²) in [5.74, 6) is 1.33. The average Bonchev–Trinajstić information content (AvgIpc) is 2.37. The highest BCUT2D eigenvalue weighted by Crippen LogP contribution is 2.39. The number of halogens is 5. The Morgan fingerprint density at radius 3 is 2.53 bits per heavy atom. The maximum atomic E-state index is 6.22. The summed E-state index contributed by atoms with van der Waals surface area (Å²) in [7, 11) is 0. The van der Waals surface area contributed by atoms with Gasteiger partial charge in [-0.15, -0.1) is 0 Å². The van der Waals surface area contributed by atoms with Crippen LogP contribution in [0.15, 0.2) is 26.1 Å². The van der Waals surface area contributed by atoms with Gasteiger partial charge in [-0.05, 0) is 72.4 Å². The van der Waals surface area contributed by atoms with Gasteiger partial charge in [0.25, 0.3) is 0 Å². The van der Waals surface area contributed by atoms with Gasteiger partial charge in [0.2, 0.25) is 0 Å². The molecule has 0 unspecified atom stereocenters. The van der Waals surface area contributed by atoms with Crippen molar-refractivity contribution in [1.29, 1.82) is 0 Å². The van der Waals surface area contributed by atoms with Crippen molar-refractivity contribution in [3.8, 4) is 11.5 Å². The van der Waals surface area contributed by atoms with Crippen molar-refractivity contribution >= 4 is 75.3 Å². The minimum Gasteiger partial charge on any atom is -0.492 e. The highest BCUT2D eigenvalue weighted by atomic mass is 79.9. The number of hydrogen-bond donors (Lipinski definition) is 0. The summed E-state index contributed by atoms with van der Waals surface area (Å²) in [5, 5.41) is 1.42. The van der Waals surface area contributed by atoms with Crippen molar-refractivity contribution in [1.82, 2.24) is 0 Å². The lowest BCUT2D eigenvalue weighted by atomic mass is 10.3. The van der Waals surface area contributed by atoms with Crippen molar-refractivity contribution in [2.75, 3.05) is 18.5 Å². The van der Waals surface area contributed by atoms with Gasteiger partial charge in [0, 0.05) is 5.33 Å². The maximum Gasteiger partial charge on any atom is 0.139 e. The predicted molar refractivity (Wildman–Crippen MR) is 94.5 cm³/mol. The van der Waals surface area contributed by atoms with E-state index in [-0.39, 0.29) is 0 Å². The van der Waals surface area contributed by atoms with Gasteiger partial charge in [-0.1, -0.05) is 27.5 Å². The molecular formula is C12H11Br4ClO2. The average molecular weight is 542 g/mol. The molecule has 0 radical (unpaired) electrons. The molecule has 0 saturated carbocycles. The summed E-state index contributed by atoms with van der Waals surface area (Å²) in [5.41, 5.74) is 0. The standard InChI is InChI=1S/C12H11Br4ClO2/c13-5-1-6-18-8-2-3-9(12(17)11(8)16)19-7-4-10(14)15/h2-4H,1,5-7H2. The van der Waals surface area contributed by atoms with Gasteiger partial charge in [-0.2, -0.15) is 0 Å². The Kier molecular flexibility index (Phi) is 9.06. The third-order valence-corrected chi connectivity index (χ3v) is 4.62. The SMILES string of the molecule is Clc1c(OCC=C(Br)Br)ccc(OCCCBr)c1Br. The Morgan fingerprint density at radius 1 is 1.21 bits per heavy atom. The van der Waals surface area contributed by atoms with Crippen molar-refractivity contribution in [2.24, 2.45) is 0 Å². The molecule has 7 heteroatoms. The minimum atomic E-state index is 0.418. The molecule has 1 aromatic carbocycles. The van der Waals surface area contributed by atoms with Crippen LogP contribution in [-0.2, 0) is 0 Å². The van der Waals surface area contributed by atoms with E-state index in [0.29, 0.717) is 28.5 Å². The van der Waals surface area contributed by atoms with Crippen molar-refractivity contribution in [2.45, 2.75) is 6.42 Å². The van der Waals surface area contributed by atoms with Crippen LogP contribution in [0.25, 0.3) is 0 Å². The van der Waals surface area contributed by atoms with Crippen LogP contribution < -0.4 is 9.47 Å². The maximum absolute atomic E-state index is 6.22. The summed E-state index contributed by atoms with van der Waals surface area (Å²) in [6, 6.07) is 3.64. The molecule has 0 aromatic heterocycles. The van der Waals surface area contributed by atoms with E-state index in [1.807, 2.05) is 12.1 Å². The summed E-state index contributed by atoms with van der Waals surface area (Å²) < 4.78 is 12.7. The Morgan fingerprint density at radius 2 is 1.89 bits per heavy atom. The number of hydrogen-bond acceptors (Lipinski definition) is 2. The van der Waals surface area contributed by atoms with Gasteiger partial charge in [-0.3, -0.25) is 0 Å². The molecule has 0 atom stereocenters. The molecule has 106 valence electrons. The molecule has 0 spiro atoms. The smallest absolute Gasteiger partial charge is 0.139 e. The van der Waals surface area contributed by atoms with Gasteiger partial charge in [0.1, 0.15) is 23.1 Å². The van der Waals surface area contributed by atoms with Crippen LogP contribution in [0, 0.1) is 0 Å². The lowest BCUT2D eigenvalue weighted by Gasteiger charge is -2.12. The van der Waals surface area contributed by atoms with Gasteiger partial charge >= 0.3 is 0 Å². The first kappa shape index (κ1) is 17.8. The molecule has 1 aromatic rings. The number of ether oxygens (including phenoxy) is 2. The molecule has 0 N–H and O–H groups in total. The van der Waals surface area contributed by atoms with E-state index < -0.39 is 0 Å². The predicted octanol–water partition coefficient (Wildman–Crippen LogP) is 6.28. The highest BCUT2D eigenvalue weighted by Gasteiger charge is 2.11. The fourth-order valence-corrected chi connectivity index (χ4v) is 2.31. The number of rotatable bonds is 7. The Balaban J connectivity index is 2.71. The molecule has 19 heavy (non-hydrogen) atoms. The van der Waals surface area contributed by atoms with Crippen LogP contribution in [-0.4, -0.2) is 18.5 Å². The first-order valence-electron chi connectivity index (χ1n) is 5.37. The number of alkyl halides is 1. The zero-order chi connectivity index (χ0) is 14.3. The van der Waals surface area contributed by atoms with Crippen LogP contribution >= 0.6 is 75.3 Å². The summed E-state index contributed by atoms with van der Waals surface area (Å²) in [6.45, 7) is 1.06. The quantitative estimate of drug-likeness (QED) is 0.299. The topological polar surface area (TPSA) is 18.5 Å². The van der Waals surface area contributed by atoms with E-state index in [1.54, 1.807) is 6.07 Å². The minimum absolute atomic E-state index is 0.418. The monoisotopic (exact) mass is 538 g/mol. The fraction of sp³-hybridized carbons (Fsp3) is 0.333. The van der Waals surface area contributed by atoms with Gasteiger partial charge < -0.3 is 9.47 Å². The molecule has 0 amide bonds. The van der Waals surface area contributed by atoms with E-state index in [4.69, 9.17) is 21.1 Å². The van der Waals surface area contributed by atoms with Gasteiger partial charge in [-0.25, -0.2) is 0 Å². The molecule has 0 aliphatic heterocycles. The van der Waals surface area contributed by atoms with Gasteiger partial charge in [0.05, 0.1) is 14.5 Å². The van der Waals surface area contributed by atoms with Crippen LogP contribution in [0.5, 0.6) is 11.5 Å². The Bertz CT molecular complexity index is 448. The van der Waals surface area contributed by atoms with E-state index in [0.717, 1.165) is 20.9 Å². The number of benzene rings is 1. The molecular weight excluding hydrogens is 531 g/mol.